The number of pyridine rings is 1. The summed E-state index contributed by atoms with van der Waals surface area (Å²) in [5.41, 5.74) is 1.52. The summed E-state index contributed by atoms with van der Waals surface area (Å²) in [7, 11) is 1.81. The Morgan fingerprint density at radius 3 is 2.74 bits per heavy atom. The molecule has 6 heteroatoms. The van der Waals surface area contributed by atoms with Crippen LogP contribution in [-0.4, -0.2) is 33.1 Å². The van der Waals surface area contributed by atoms with Crippen LogP contribution in [0.25, 0.3) is 10.9 Å². The summed E-state index contributed by atoms with van der Waals surface area (Å²) >= 11 is 0. The van der Waals surface area contributed by atoms with Gasteiger partial charge in [-0.2, -0.15) is 0 Å². The van der Waals surface area contributed by atoms with Gasteiger partial charge in [-0.25, -0.2) is 0 Å². The highest BCUT2D eigenvalue weighted by molar-refractivity contribution is 5.97. The molecular weight excluding hydrogens is 344 g/mol. The number of carbonyl (C=O) groups excluding carboxylic acids is 1. The highest BCUT2D eigenvalue weighted by Crippen LogP contribution is 2.17. The first-order chi connectivity index (χ1) is 13.0. The smallest absolute Gasteiger partial charge is 0.260 e. The van der Waals surface area contributed by atoms with Gasteiger partial charge in [-0.1, -0.05) is 18.6 Å². The number of fused-ring (bicyclic) bond motifs is 1. The van der Waals surface area contributed by atoms with Gasteiger partial charge in [0.2, 0.25) is 5.43 Å². The van der Waals surface area contributed by atoms with Crippen LogP contribution in [0.4, 0.5) is 0 Å². The fourth-order valence-electron chi connectivity index (χ4n) is 3.30. The van der Waals surface area contributed by atoms with Crippen LogP contribution < -0.4 is 5.43 Å². The molecule has 0 saturated carbocycles. The molecule has 3 aromatic rings. The molecule has 1 aromatic carbocycles. The maximum atomic E-state index is 13.3. The number of rotatable bonds is 6. The quantitative estimate of drug-likeness (QED) is 0.726. The molecule has 0 bridgehead atoms. The van der Waals surface area contributed by atoms with Crippen LogP contribution >= 0.6 is 0 Å². The molecule has 0 saturated heterocycles. The Balaban J connectivity index is 2.10. The molecule has 0 radical (unpaired) electrons. The normalized spacial score (nSPS) is 12.3. The van der Waals surface area contributed by atoms with Crippen molar-refractivity contribution in [2.45, 2.75) is 32.9 Å². The van der Waals surface area contributed by atoms with Crippen molar-refractivity contribution < 1.29 is 14.3 Å². The summed E-state index contributed by atoms with van der Waals surface area (Å²) in [6.45, 7) is 3.82. The van der Waals surface area contributed by atoms with Crippen LogP contribution in [0.1, 0.15) is 35.0 Å². The summed E-state index contributed by atoms with van der Waals surface area (Å²) in [6, 6.07) is 8.73. The predicted molar refractivity (Wildman–Crippen MR) is 104 cm³/mol. The molecule has 0 aliphatic rings. The van der Waals surface area contributed by atoms with Gasteiger partial charge in [0.25, 0.3) is 5.91 Å². The van der Waals surface area contributed by atoms with Gasteiger partial charge in [0, 0.05) is 18.6 Å². The molecule has 1 unspecified atom stereocenters. The number of aliphatic hydroxyl groups excluding tert-OH is 1. The number of hydrogen-bond acceptors (Lipinski definition) is 4. The number of aryl methyl sites for hydroxylation is 2. The van der Waals surface area contributed by atoms with E-state index in [1.54, 1.807) is 29.0 Å². The van der Waals surface area contributed by atoms with Crippen molar-refractivity contribution in [3.05, 3.63) is 69.9 Å². The molecule has 1 amide bonds. The molecule has 2 heterocycles. The second-order valence-electron chi connectivity index (χ2n) is 6.76. The SMILES string of the molecule is CCC(CO)N(Cc1ccco1)C(=O)c1cn(C)c2ccc(C)cc2c1=O. The zero-order valence-corrected chi connectivity index (χ0v) is 15.8. The first kappa shape index (κ1) is 18.9. The minimum absolute atomic E-state index is 0.0917. The highest BCUT2D eigenvalue weighted by Gasteiger charge is 2.27. The fraction of sp³-hybridized carbons (Fsp3) is 0.333. The van der Waals surface area contributed by atoms with E-state index in [0.29, 0.717) is 17.6 Å². The average molecular weight is 368 g/mol. The summed E-state index contributed by atoms with van der Waals surface area (Å²) in [5.74, 6) is 0.194. The van der Waals surface area contributed by atoms with Crippen LogP contribution in [0, 0.1) is 6.92 Å². The van der Waals surface area contributed by atoms with Gasteiger partial charge in [0.1, 0.15) is 11.3 Å². The van der Waals surface area contributed by atoms with Crippen LogP contribution in [-0.2, 0) is 13.6 Å². The van der Waals surface area contributed by atoms with E-state index in [9.17, 15) is 14.7 Å². The number of nitrogens with zero attached hydrogens (tertiary/aromatic N) is 2. The number of hydrogen-bond donors (Lipinski definition) is 1. The van der Waals surface area contributed by atoms with Crippen molar-refractivity contribution in [1.29, 1.82) is 0 Å². The number of aromatic nitrogens is 1. The number of aliphatic hydroxyl groups is 1. The molecule has 2 aromatic heterocycles. The first-order valence-electron chi connectivity index (χ1n) is 9.00. The Labute approximate surface area is 157 Å². The number of amides is 1. The van der Waals surface area contributed by atoms with Gasteiger partial charge >= 0.3 is 0 Å². The van der Waals surface area contributed by atoms with Gasteiger partial charge in [-0.05, 0) is 37.6 Å². The summed E-state index contributed by atoms with van der Waals surface area (Å²) in [5, 5.41) is 10.3. The summed E-state index contributed by atoms with van der Waals surface area (Å²) < 4.78 is 7.16. The van der Waals surface area contributed by atoms with Crippen molar-refractivity contribution in [2.24, 2.45) is 7.05 Å². The fourth-order valence-corrected chi connectivity index (χ4v) is 3.30. The minimum atomic E-state index is -0.406. The Kier molecular flexibility index (Phi) is 5.46. The largest absolute Gasteiger partial charge is 0.467 e. The lowest BCUT2D eigenvalue weighted by atomic mass is 10.1. The van der Waals surface area contributed by atoms with Crippen LogP contribution in [0.2, 0.25) is 0 Å². The third-order valence-corrected chi connectivity index (χ3v) is 4.86. The monoisotopic (exact) mass is 368 g/mol. The van der Waals surface area contributed by atoms with Crippen molar-refractivity contribution in [2.75, 3.05) is 6.61 Å². The topological polar surface area (TPSA) is 75.7 Å². The van der Waals surface area contributed by atoms with E-state index in [-0.39, 0.29) is 24.1 Å². The molecule has 0 aliphatic carbocycles. The van der Waals surface area contributed by atoms with E-state index >= 15 is 0 Å². The Bertz CT molecular complexity index is 1000. The zero-order chi connectivity index (χ0) is 19.6. The van der Waals surface area contributed by atoms with E-state index in [2.05, 4.69) is 0 Å². The number of furan rings is 1. The second kappa shape index (κ2) is 7.80. The lowest BCUT2D eigenvalue weighted by Gasteiger charge is -2.29. The minimum Gasteiger partial charge on any atom is -0.467 e. The zero-order valence-electron chi connectivity index (χ0n) is 15.8. The molecule has 3 rings (SSSR count). The highest BCUT2D eigenvalue weighted by atomic mass is 16.3. The molecule has 142 valence electrons. The molecule has 0 aliphatic heterocycles. The van der Waals surface area contributed by atoms with Crippen LogP contribution in [0.3, 0.4) is 0 Å². The Morgan fingerprint density at radius 2 is 2.11 bits per heavy atom. The molecule has 0 spiro atoms. The van der Waals surface area contributed by atoms with E-state index in [4.69, 9.17) is 4.42 Å². The molecule has 0 fully saturated rings. The third-order valence-electron chi connectivity index (χ3n) is 4.86. The van der Waals surface area contributed by atoms with Gasteiger partial charge in [0.15, 0.2) is 0 Å². The maximum Gasteiger partial charge on any atom is 0.260 e. The van der Waals surface area contributed by atoms with E-state index in [1.807, 2.05) is 33.0 Å². The molecule has 1 N–H and O–H groups in total. The van der Waals surface area contributed by atoms with E-state index < -0.39 is 11.9 Å². The lowest BCUT2D eigenvalue weighted by Crippen LogP contribution is -2.43. The first-order valence-corrected chi connectivity index (χ1v) is 9.00. The van der Waals surface area contributed by atoms with Crippen molar-refractivity contribution in [3.63, 3.8) is 0 Å². The van der Waals surface area contributed by atoms with Crippen LogP contribution in [0.5, 0.6) is 0 Å². The van der Waals surface area contributed by atoms with Crippen molar-refractivity contribution in [1.82, 2.24) is 9.47 Å². The van der Waals surface area contributed by atoms with Gasteiger partial charge in [-0.3, -0.25) is 9.59 Å². The van der Waals surface area contributed by atoms with E-state index in [1.165, 1.54) is 11.2 Å². The number of carbonyl (C=O) groups is 1. The third kappa shape index (κ3) is 3.66. The van der Waals surface area contributed by atoms with Crippen molar-refractivity contribution >= 4 is 16.8 Å². The van der Waals surface area contributed by atoms with Crippen molar-refractivity contribution in [3.8, 4) is 0 Å². The van der Waals surface area contributed by atoms with Gasteiger partial charge < -0.3 is 19.0 Å². The standard InChI is InChI=1S/C21H24N2O4/c1-4-15(13-24)23(11-16-6-5-9-27-16)21(26)18-12-22(3)19-8-7-14(2)10-17(19)20(18)25/h5-10,12,15,24H,4,11,13H2,1-3H3. The molecular formula is C21H24N2O4. The summed E-state index contributed by atoms with van der Waals surface area (Å²) in [4.78, 5) is 27.8. The summed E-state index contributed by atoms with van der Waals surface area (Å²) in [6.07, 6.45) is 3.67. The Hall–Kier alpha value is -2.86. The van der Waals surface area contributed by atoms with Gasteiger partial charge in [-0.15, -0.1) is 0 Å². The Morgan fingerprint density at radius 1 is 1.33 bits per heavy atom. The second-order valence-corrected chi connectivity index (χ2v) is 6.76. The van der Waals surface area contributed by atoms with Crippen LogP contribution in [0.15, 0.2) is 52.0 Å². The lowest BCUT2D eigenvalue weighted by molar-refractivity contribution is 0.0543. The molecule has 6 nitrogen and oxygen atoms in total. The van der Waals surface area contributed by atoms with E-state index in [0.717, 1.165) is 11.1 Å². The predicted octanol–water partition coefficient (Wildman–Crippen LogP) is 2.85. The average Bonchev–Trinajstić information content (AvgIpc) is 3.17. The molecule has 1 atom stereocenters. The van der Waals surface area contributed by atoms with Gasteiger partial charge in [0.05, 0.1) is 31.0 Å². The maximum absolute atomic E-state index is 13.3. The molecule has 27 heavy (non-hydrogen) atoms. The number of benzene rings is 1.